The first-order valence-corrected chi connectivity index (χ1v) is 6.87. The fraction of sp³-hybridized carbons (Fsp3) is 0.500. The van der Waals surface area contributed by atoms with E-state index >= 15 is 0 Å². The summed E-state index contributed by atoms with van der Waals surface area (Å²) in [4.78, 5) is 1.14. The predicted molar refractivity (Wildman–Crippen MR) is 70.1 cm³/mol. The van der Waals surface area contributed by atoms with Crippen molar-refractivity contribution in [3.63, 3.8) is 0 Å². The zero-order chi connectivity index (χ0) is 11.4. The SMILES string of the molecule is Nc1cc(Cl)ccc1SCC1CCOCC1. The monoisotopic (exact) mass is 257 g/mol. The average molecular weight is 258 g/mol. The Balaban J connectivity index is 1.88. The first-order valence-electron chi connectivity index (χ1n) is 5.51. The van der Waals surface area contributed by atoms with Crippen LogP contribution in [0.15, 0.2) is 23.1 Å². The van der Waals surface area contributed by atoms with Gasteiger partial charge in [0.25, 0.3) is 0 Å². The number of nitrogens with two attached hydrogens (primary N) is 1. The second-order valence-electron chi connectivity index (χ2n) is 4.05. The number of hydrogen-bond acceptors (Lipinski definition) is 3. The van der Waals surface area contributed by atoms with E-state index < -0.39 is 0 Å². The summed E-state index contributed by atoms with van der Waals surface area (Å²) in [7, 11) is 0. The number of benzene rings is 1. The second kappa shape index (κ2) is 5.80. The normalized spacial score (nSPS) is 17.6. The van der Waals surface area contributed by atoms with Crippen LogP contribution < -0.4 is 5.73 Å². The zero-order valence-electron chi connectivity index (χ0n) is 9.12. The second-order valence-corrected chi connectivity index (χ2v) is 5.55. The lowest BCUT2D eigenvalue weighted by Crippen LogP contribution is -2.17. The van der Waals surface area contributed by atoms with Crippen molar-refractivity contribution in [3.8, 4) is 0 Å². The molecule has 0 saturated carbocycles. The number of ether oxygens (including phenoxy) is 1. The number of thioether (sulfide) groups is 1. The predicted octanol–water partition coefficient (Wildman–Crippen LogP) is 3.44. The van der Waals surface area contributed by atoms with Gasteiger partial charge in [-0.15, -0.1) is 11.8 Å². The third-order valence-corrected chi connectivity index (χ3v) is 4.34. The van der Waals surface area contributed by atoms with Gasteiger partial charge in [0.15, 0.2) is 0 Å². The van der Waals surface area contributed by atoms with Crippen molar-refractivity contribution in [3.05, 3.63) is 23.2 Å². The van der Waals surface area contributed by atoms with Gasteiger partial charge in [0.1, 0.15) is 0 Å². The number of anilines is 1. The van der Waals surface area contributed by atoms with Gasteiger partial charge in [-0.05, 0) is 37.0 Å². The standard InChI is InChI=1S/C12H16ClNOS/c13-10-1-2-12(11(14)7-10)16-8-9-3-5-15-6-4-9/h1-2,7,9H,3-6,8,14H2. The number of nitrogen functional groups attached to an aromatic ring is 1. The molecule has 0 unspecified atom stereocenters. The molecule has 1 aliphatic rings. The highest BCUT2D eigenvalue weighted by atomic mass is 35.5. The third kappa shape index (κ3) is 3.30. The van der Waals surface area contributed by atoms with Gasteiger partial charge < -0.3 is 10.5 Å². The Morgan fingerprint density at radius 3 is 2.81 bits per heavy atom. The Kier molecular flexibility index (Phi) is 4.38. The summed E-state index contributed by atoms with van der Waals surface area (Å²) in [6.07, 6.45) is 2.33. The molecule has 16 heavy (non-hydrogen) atoms. The lowest BCUT2D eigenvalue weighted by atomic mass is 10.0. The summed E-state index contributed by atoms with van der Waals surface area (Å²) in [5.74, 6) is 1.88. The first kappa shape index (κ1) is 12.1. The summed E-state index contributed by atoms with van der Waals surface area (Å²) < 4.78 is 5.34. The van der Waals surface area contributed by atoms with Gasteiger partial charge in [-0.3, -0.25) is 0 Å². The highest BCUT2D eigenvalue weighted by Crippen LogP contribution is 2.31. The molecule has 1 aromatic carbocycles. The smallest absolute Gasteiger partial charge is 0.0468 e. The van der Waals surface area contributed by atoms with E-state index in [0.717, 1.165) is 35.5 Å². The molecule has 1 aromatic rings. The van der Waals surface area contributed by atoms with E-state index in [-0.39, 0.29) is 0 Å². The lowest BCUT2D eigenvalue weighted by molar-refractivity contribution is 0.0728. The molecule has 0 spiro atoms. The van der Waals surface area contributed by atoms with Crippen LogP contribution in [0, 0.1) is 5.92 Å². The highest BCUT2D eigenvalue weighted by molar-refractivity contribution is 7.99. The van der Waals surface area contributed by atoms with Crippen molar-refractivity contribution in [2.45, 2.75) is 17.7 Å². The summed E-state index contributed by atoms with van der Waals surface area (Å²) in [5, 5.41) is 0.702. The molecule has 0 aliphatic carbocycles. The van der Waals surface area contributed by atoms with Gasteiger partial charge >= 0.3 is 0 Å². The van der Waals surface area contributed by atoms with E-state index in [0.29, 0.717) is 5.02 Å². The fourth-order valence-corrected chi connectivity index (χ4v) is 3.09. The molecule has 1 heterocycles. The summed E-state index contributed by atoms with van der Waals surface area (Å²) in [6.45, 7) is 1.81. The van der Waals surface area contributed by atoms with Crippen molar-refractivity contribution in [2.24, 2.45) is 5.92 Å². The van der Waals surface area contributed by atoms with Crippen LogP contribution in [0.5, 0.6) is 0 Å². The van der Waals surface area contributed by atoms with Crippen molar-refractivity contribution >= 4 is 29.1 Å². The van der Waals surface area contributed by atoms with Crippen molar-refractivity contribution in [1.29, 1.82) is 0 Å². The molecule has 2 rings (SSSR count). The minimum absolute atomic E-state index is 0.702. The van der Waals surface area contributed by atoms with Crippen molar-refractivity contribution < 1.29 is 4.74 Å². The zero-order valence-corrected chi connectivity index (χ0v) is 10.7. The van der Waals surface area contributed by atoms with Crippen LogP contribution in [0.2, 0.25) is 5.02 Å². The van der Waals surface area contributed by atoms with E-state index in [1.165, 1.54) is 12.8 Å². The van der Waals surface area contributed by atoms with Crippen LogP contribution in [0.1, 0.15) is 12.8 Å². The van der Waals surface area contributed by atoms with Crippen molar-refractivity contribution in [1.82, 2.24) is 0 Å². The van der Waals surface area contributed by atoms with Crippen LogP contribution >= 0.6 is 23.4 Å². The molecule has 0 radical (unpaired) electrons. The minimum atomic E-state index is 0.702. The molecule has 0 aromatic heterocycles. The molecular weight excluding hydrogens is 242 g/mol. The fourth-order valence-electron chi connectivity index (χ4n) is 1.77. The largest absolute Gasteiger partial charge is 0.398 e. The lowest BCUT2D eigenvalue weighted by Gasteiger charge is -2.21. The molecule has 1 aliphatic heterocycles. The number of rotatable bonds is 3. The van der Waals surface area contributed by atoms with Gasteiger partial charge in [0.05, 0.1) is 0 Å². The Hall–Kier alpha value is -0.380. The van der Waals surface area contributed by atoms with Gasteiger partial charge in [0, 0.05) is 34.6 Å². The maximum Gasteiger partial charge on any atom is 0.0468 e. The molecule has 2 N–H and O–H groups in total. The Morgan fingerprint density at radius 1 is 1.38 bits per heavy atom. The van der Waals surface area contributed by atoms with Gasteiger partial charge in [-0.25, -0.2) is 0 Å². The van der Waals surface area contributed by atoms with Crippen LogP contribution in [-0.4, -0.2) is 19.0 Å². The van der Waals surface area contributed by atoms with Crippen LogP contribution in [0.3, 0.4) is 0 Å². The van der Waals surface area contributed by atoms with Crippen LogP contribution in [-0.2, 0) is 4.74 Å². The summed E-state index contributed by atoms with van der Waals surface area (Å²) in [6, 6.07) is 5.71. The molecular formula is C12H16ClNOS. The number of halogens is 1. The summed E-state index contributed by atoms with van der Waals surface area (Å²) in [5.41, 5.74) is 6.69. The maximum atomic E-state index is 5.91. The number of hydrogen-bond donors (Lipinski definition) is 1. The molecule has 88 valence electrons. The van der Waals surface area contributed by atoms with Gasteiger partial charge in [-0.1, -0.05) is 11.6 Å². The van der Waals surface area contributed by atoms with E-state index in [2.05, 4.69) is 0 Å². The molecule has 1 fully saturated rings. The maximum absolute atomic E-state index is 5.91. The Morgan fingerprint density at radius 2 is 2.12 bits per heavy atom. The highest BCUT2D eigenvalue weighted by Gasteiger charge is 2.14. The van der Waals surface area contributed by atoms with E-state index in [1.807, 2.05) is 30.0 Å². The Labute approximate surface area is 105 Å². The van der Waals surface area contributed by atoms with Crippen LogP contribution in [0.4, 0.5) is 5.69 Å². The molecule has 2 nitrogen and oxygen atoms in total. The first-order chi connectivity index (χ1) is 7.75. The van der Waals surface area contributed by atoms with Crippen LogP contribution in [0.25, 0.3) is 0 Å². The quantitative estimate of drug-likeness (QED) is 0.666. The minimum Gasteiger partial charge on any atom is -0.398 e. The molecule has 4 heteroatoms. The Bertz CT molecular complexity index is 353. The molecule has 0 atom stereocenters. The van der Waals surface area contributed by atoms with E-state index in [4.69, 9.17) is 22.1 Å². The average Bonchev–Trinajstić information content (AvgIpc) is 2.29. The summed E-state index contributed by atoms with van der Waals surface area (Å²) >= 11 is 7.68. The van der Waals surface area contributed by atoms with Gasteiger partial charge in [0.2, 0.25) is 0 Å². The van der Waals surface area contributed by atoms with E-state index in [9.17, 15) is 0 Å². The van der Waals surface area contributed by atoms with Gasteiger partial charge in [-0.2, -0.15) is 0 Å². The topological polar surface area (TPSA) is 35.2 Å². The third-order valence-electron chi connectivity index (χ3n) is 2.79. The van der Waals surface area contributed by atoms with Crippen molar-refractivity contribution in [2.75, 3.05) is 24.7 Å². The van der Waals surface area contributed by atoms with E-state index in [1.54, 1.807) is 0 Å². The molecule has 1 saturated heterocycles. The molecule has 0 amide bonds. The molecule has 0 bridgehead atoms.